The van der Waals surface area contributed by atoms with Crippen LogP contribution >= 0.6 is 0 Å². The highest BCUT2D eigenvalue weighted by Gasteiger charge is 2.11. The Morgan fingerprint density at radius 1 is 1.17 bits per heavy atom. The summed E-state index contributed by atoms with van der Waals surface area (Å²) in [5.41, 5.74) is 5.65. The Hall–Kier alpha value is -2.17. The highest BCUT2D eigenvalue weighted by Crippen LogP contribution is 2.16. The van der Waals surface area contributed by atoms with Gasteiger partial charge in [0.2, 0.25) is 0 Å². The van der Waals surface area contributed by atoms with Gasteiger partial charge in [-0.15, -0.1) is 0 Å². The molecule has 2 N–H and O–H groups in total. The zero-order chi connectivity index (χ0) is 16.2. The van der Waals surface area contributed by atoms with Crippen LogP contribution in [0, 0.1) is 6.92 Å². The summed E-state index contributed by atoms with van der Waals surface area (Å²) in [7, 11) is 0. The molecule has 0 saturated carbocycles. The van der Waals surface area contributed by atoms with E-state index in [-0.39, 0.29) is 12.6 Å². The van der Waals surface area contributed by atoms with Gasteiger partial charge in [-0.25, -0.2) is 4.98 Å². The molecule has 0 radical (unpaired) electrons. The van der Waals surface area contributed by atoms with Crippen LogP contribution in [0.3, 0.4) is 0 Å². The number of nitrogens with zero attached hydrogens (tertiary/aromatic N) is 2. The minimum absolute atomic E-state index is 0.0707. The smallest absolute Gasteiger partial charge is 0.136 e. The molecule has 0 aliphatic heterocycles. The minimum Gasteiger partial charge on any atom is -0.394 e. The van der Waals surface area contributed by atoms with E-state index in [9.17, 15) is 5.11 Å². The van der Waals surface area contributed by atoms with Gasteiger partial charge in [-0.05, 0) is 36.1 Å². The third-order valence-electron chi connectivity index (χ3n) is 4.23. The molecule has 0 aliphatic carbocycles. The standard InChI is InChI=1S/C19H23N3O/c1-3-15-5-7-16(8-6-15)18(13-23)20-10-17-11-21-19-9-4-14(2)12-22(17)19/h4-9,11-12,18,20,23H,3,10,13H2,1-2H3. The summed E-state index contributed by atoms with van der Waals surface area (Å²) >= 11 is 0. The van der Waals surface area contributed by atoms with E-state index < -0.39 is 0 Å². The van der Waals surface area contributed by atoms with Crippen LogP contribution in [0.15, 0.2) is 48.8 Å². The number of rotatable bonds is 6. The molecule has 0 bridgehead atoms. The summed E-state index contributed by atoms with van der Waals surface area (Å²) in [6.45, 7) is 4.94. The van der Waals surface area contributed by atoms with E-state index in [1.807, 2.05) is 12.3 Å². The van der Waals surface area contributed by atoms with Gasteiger partial charge in [-0.1, -0.05) is 37.3 Å². The zero-order valence-electron chi connectivity index (χ0n) is 13.7. The normalized spacial score (nSPS) is 12.7. The van der Waals surface area contributed by atoms with E-state index >= 15 is 0 Å². The van der Waals surface area contributed by atoms with Crippen LogP contribution in [0.2, 0.25) is 0 Å². The van der Waals surface area contributed by atoms with Crippen LogP contribution in [0.1, 0.15) is 35.3 Å². The van der Waals surface area contributed by atoms with Crippen LogP contribution < -0.4 is 5.32 Å². The molecule has 23 heavy (non-hydrogen) atoms. The number of aryl methyl sites for hydroxylation is 2. The summed E-state index contributed by atoms with van der Waals surface area (Å²) in [5.74, 6) is 0. The molecule has 120 valence electrons. The molecule has 2 aromatic heterocycles. The molecule has 4 nitrogen and oxygen atoms in total. The monoisotopic (exact) mass is 309 g/mol. The molecule has 0 amide bonds. The zero-order valence-corrected chi connectivity index (χ0v) is 13.7. The van der Waals surface area contributed by atoms with Crippen molar-refractivity contribution in [1.82, 2.24) is 14.7 Å². The molecule has 1 unspecified atom stereocenters. The van der Waals surface area contributed by atoms with Gasteiger partial charge in [0.1, 0.15) is 5.65 Å². The van der Waals surface area contributed by atoms with E-state index in [1.54, 1.807) is 0 Å². The van der Waals surface area contributed by atoms with Crippen molar-refractivity contribution in [1.29, 1.82) is 0 Å². The van der Waals surface area contributed by atoms with Crippen molar-refractivity contribution in [3.05, 3.63) is 71.2 Å². The number of nitrogens with one attached hydrogen (secondary N) is 1. The predicted molar refractivity (Wildman–Crippen MR) is 92.4 cm³/mol. The number of imidazole rings is 1. The highest BCUT2D eigenvalue weighted by atomic mass is 16.3. The Labute approximate surface area is 136 Å². The topological polar surface area (TPSA) is 49.6 Å². The van der Waals surface area contributed by atoms with Crippen molar-refractivity contribution >= 4 is 5.65 Å². The number of aliphatic hydroxyl groups excluding tert-OH is 1. The molecular weight excluding hydrogens is 286 g/mol. The number of hydrogen-bond acceptors (Lipinski definition) is 3. The molecule has 1 atom stereocenters. The number of aliphatic hydroxyl groups is 1. The Balaban J connectivity index is 1.75. The average Bonchev–Trinajstić information content (AvgIpc) is 2.98. The van der Waals surface area contributed by atoms with Gasteiger partial charge in [0.05, 0.1) is 24.5 Å². The number of fused-ring (bicyclic) bond motifs is 1. The quantitative estimate of drug-likeness (QED) is 0.736. The number of pyridine rings is 1. The summed E-state index contributed by atoms with van der Waals surface area (Å²) in [4.78, 5) is 4.42. The Bertz CT molecular complexity index is 777. The summed E-state index contributed by atoms with van der Waals surface area (Å²) < 4.78 is 2.09. The fourth-order valence-corrected chi connectivity index (χ4v) is 2.77. The fraction of sp³-hybridized carbons (Fsp3) is 0.316. The lowest BCUT2D eigenvalue weighted by Crippen LogP contribution is -2.24. The largest absolute Gasteiger partial charge is 0.394 e. The molecule has 2 heterocycles. The van der Waals surface area contributed by atoms with Gasteiger partial charge in [0.25, 0.3) is 0 Å². The summed E-state index contributed by atoms with van der Waals surface area (Å²) in [6.07, 6.45) is 5.00. The number of aromatic nitrogens is 2. The van der Waals surface area contributed by atoms with Crippen LogP contribution in [0.5, 0.6) is 0 Å². The van der Waals surface area contributed by atoms with Crippen LogP contribution in [-0.2, 0) is 13.0 Å². The van der Waals surface area contributed by atoms with Crippen molar-refractivity contribution in [2.24, 2.45) is 0 Å². The van der Waals surface area contributed by atoms with E-state index in [0.717, 1.165) is 23.3 Å². The van der Waals surface area contributed by atoms with Crippen molar-refractivity contribution in [2.45, 2.75) is 32.9 Å². The lowest BCUT2D eigenvalue weighted by molar-refractivity contribution is 0.243. The van der Waals surface area contributed by atoms with E-state index in [1.165, 1.54) is 11.1 Å². The molecule has 3 rings (SSSR count). The molecule has 0 fully saturated rings. The third kappa shape index (κ3) is 3.44. The summed E-state index contributed by atoms with van der Waals surface area (Å²) in [6, 6.07) is 12.4. The maximum Gasteiger partial charge on any atom is 0.136 e. The van der Waals surface area contributed by atoms with Gasteiger partial charge >= 0.3 is 0 Å². The minimum atomic E-state index is -0.0729. The lowest BCUT2D eigenvalue weighted by Gasteiger charge is -2.17. The maximum absolute atomic E-state index is 9.71. The second kappa shape index (κ2) is 6.94. The molecule has 0 spiro atoms. The van der Waals surface area contributed by atoms with Gasteiger partial charge in [-0.3, -0.25) is 0 Å². The highest BCUT2D eigenvalue weighted by molar-refractivity contribution is 5.41. The second-order valence-corrected chi connectivity index (χ2v) is 5.90. The SMILES string of the molecule is CCc1ccc(C(CO)NCc2cnc3ccc(C)cn23)cc1. The van der Waals surface area contributed by atoms with Crippen molar-refractivity contribution < 1.29 is 5.11 Å². The van der Waals surface area contributed by atoms with Crippen LogP contribution in [-0.4, -0.2) is 21.1 Å². The first-order chi connectivity index (χ1) is 11.2. The third-order valence-corrected chi connectivity index (χ3v) is 4.23. The first-order valence-electron chi connectivity index (χ1n) is 8.07. The van der Waals surface area contributed by atoms with Crippen LogP contribution in [0.4, 0.5) is 0 Å². The second-order valence-electron chi connectivity index (χ2n) is 5.90. The molecule has 0 aliphatic rings. The van der Waals surface area contributed by atoms with Crippen molar-refractivity contribution in [3.63, 3.8) is 0 Å². The predicted octanol–water partition coefficient (Wildman–Crippen LogP) is 3.03. The average molecular weight is 309 g/mol. The van der Waals surface area contributed by atoms with Crippen LogP contribution in [0.25, 0.3) is 5.65 Å². The first kappa shape index (κ1) is 15.7. The molecule has 0 saturated heterocycles. The van der Waals surface area contributed by atoms with Gasteiger partial charge < -0.3 is 14.8 Å². The lowest BCUT2D eigenvalue weighted by atomic mass is 10.0. The van der Waals surface area contributed by atoms with Gasteiger partial charge in [0.15, 0.2) is 0 Å². The van der Waals surface area contributed by atoms with E-state index in [2.05, 4.69) is 65.1 Å². The number of hydrogen-bond donors (Lipinski definition) is 2. The van der Waals surface area contributed by atoms with Gasteiger partial charge in [0, 0.05) is 12.7 Å². The van der Waals surface area contributed by atoms with E-state index in [4.69, 9.17) is 0 Å². The maximum atomic E-state index is 9.71. The Morgan fingerprint density at radius 2 is 1.96 bits per heavy atom. The Kier molecular flexibility index (Phi) is 4.74. The summed E-state index contributed by atoms with van der Waals surface area (Å²) in [5, 5.41) is 13.1. The molecule has 1 aromatic carbocycles. The van der Waals surface area contributed by atoms with Crippen molar-refractivity contribution in [3.8, 4) is 0 Å². The van der Waals surface area contributed by atoms with E-state index in [0.29, 0.717) is 6.54 Å². The van der Waals surface area contributed by atoms with Crippen molar-refractivity contribution in [2.75, 3.05) is 6.61 Å². The fourth-order valence-electron chi connectivity index (χ4n) is 2.77. The molecule has 3 aromatic rings. The number of benzene rings is 1. The molecular formula is C19H23N3O. The van der Waals surface area contributed by atoms with Gasteiger partial charge in [-0.2, -0.15) is 0 Å². The first-order valence-corrected chi connectivity index (χ1v) is 8.07. The Morgan fingerprint density at radius 3 is 2.65 bits per heavy atom. The molecule has 4 heteroatoms.